The Morgan fingerprint density at radius 3 is 2.38 bits per heavy atom. The molecular weight excluding hydrogens is 426 g/mol. The van der Waals surface area contributed by atoms with Crippen LogP contribution in [0, 0.1) is 18.8 Å². The molecule has 0 unspecified atom stereocenters. The third-order valence-corrected chi connectivity index (χ3v) is 7.36. The van der Waals surface area contributed by atoms with Gasteiger partial charge in [-0.1, -0.05) is 49.7 Å². The number of aryl methyl sites for hydroxylation is 1. The molecule has 0 aliphatic carbocycles. The number of piperidine rings is 1. The van der Waals surface area contributed by atoms with Crippen LogP contribution in [0.3, 0.4) is 0 Å². The lowest BCUT2D eigenvalue weighted by molar-refractivity contribution is -0.138. The highest BCUT2D eigenvalue weighted by atomic mass is 16.2. The summed E-state index contributed by atoms with van der Waals surface area (Å²) in [6, 6.07) is 15.8. The molecule has 1 N–H and O–H groups in total. The van der Waals surface area contributed by atoms with Crippen LogP contribution in [0.4, 0.5) is 11.4 Å². The standard InChI is InChI=1S/C28H35N3O3/c1-4-20(3)24-7-5-6-8-25(24)29-27(33)21-13-15-30(16-14-21)28(34)22-17-26(32)31(18-22)23-11-9-19(2)10-12-23/h5-12,20-22H,4,13-18H2,1-3H3,(H,29,33)/t20-,22-/m1/s1. The van der Waals surface area contributed by atoms with E-state index >= 15 is 0 Å². The Labute approximate surface area is 202 Å². The number of carbonyl (C=O) groups is 3. The number of anilines is 2. The second kappa shape index (κ2) is 10.4. The molecule has 4 rings (SSSR count). The quantitative estimate of drug-likeness (QED) is 0.676. The fraction of sp³-hybridized carbons (Fsp3) is 0.464. The highest BCUT2D eigenvalue weighted by Crippen LogP contribution is 2.30. The van der Waals surface area contributed by atoms with Gasteiger partial charge in [0.15, 0.2) is 0 Å². The molecule has 2 atom stereocenters. The van der Waals surface area contributed by atoms with Gasteiger partial charge in [0.2, 0.25) is 17.7 Å². The summed E-state index contributed by atoms with van der Waals surface area (Å²) >= 11 is 0. The molecule has 3 amide bonds. The van der Waals surface area contributed by atoms with Crippen LogP contribution >= 0.6 is 0 Å². The van der Waals surface area contributed by atoms with Gasteiger partial charge < -0.3 is 15.1 Å². The highest BCUT2D eigenvalue weighted by Gasteiger charge is 2.38. The van der Waals surface area contributed by atoms with E-state index in [-0.39, 0.29) is 36.0 Å². The fourth-order valence-electron chi connectivity index (χ4n) is 4.96. The largest absolute Gasteiger partial charge is 0.342 e. The van der Waals surface area contributed by atoms with Crippen LogP contribution in [0.15, 0.2) is 48.5 Å². The van der Waals surface area contributed by atoms with Crippen molar-refractivity contribution in [1.29, 1.82) is 0 Å². The summed E-state index contributed by atoms with van der Waals surface area (Å²) in [6.45, 7) is 7.86. The van der Waals surface area contributed by atoms with Gasteiger partial charge in [-0.25, -0.2) is 0 Å². The van der Waals surface area contributed by atoms with E-state index in [2.05, 4.69) is 25.2 Å². The van der Waals surface area contributed by atoms with Gasteiger partial charge in [-0.3, -0.25) is 14.4 Å². The molecule has 2 fully saturated rings. The molecule has 2 aromatic carbocycles. The van der Waals surface area contributed by atoms with Crippen molar-refractivity contribution in [3.63, 3.8) is 0 Å². The summed E-state index contributed by atoms with van der Waals surface area (Å²) in [5.74, 6) is 0.0132. The van der Waals surface area contributed by atoms with Crippen molar-refractivity contribution in [1.82, 2.24) is 4.90 Å². The SMILES string of the molecule is CC[C@@H](C)c1ccccc1NC(=O)C1CCN(C(=O)[C@@H]2CC(=O)N(c3ccc(C)cc3)C2)CC1. The minimum absolute atomic E-state index is 0.00330. The zero-order chi connectivity index (χ0) is 24.2. The zero-order valence-electron chi connectivity index (χ0n) is 20.4. The number of carbonyl (C=O) groups excluding carboxylic acids is 3. The molecule has 0 radical (unpaired) electrons. The second-order valence-electron chi connectivity index (χ2n) is 9.73. The topological polar surface area (TPSA) is 69.7 Å². The molecule has 0 aromatic heterocycles. The first-order valence-electron chi connectivity index (χ1n) is 12.4. The zero-order valence-corrected chi connectivity index (χ0v) is 20.4. The Morgan fingerprint density at radius 2 is 1.71 bits per heavy atom. The van der Waals surface area contributed by atoms with E-state index in [1.807, 2.05) is 54.3 Å². The number of benzene rings is 2. The molecule has 2 aliphatic heterocycles. The monoisotopic (exact) mass is 461 g/mol. The average molecular weight is 462 g/mol. The van der Waals surface area contributed by atoms with Crippen LogP contribution < -0.4 is 10.2 Å². The molecular formula is C28H35N3O3. The van der Waals surface area contributed by atoms with E-state index < -0.39 is 0 Å². The van der Waals surface area contributed by atoms with Crippen molar-refractivity contribution in [2.45, 2.75) is 52.4 Å². The van der Waals surface area contributed by atoms with Crippen molar-refractivity contribution >= 4 is 29.1 Å². The number of hydrogen-bond acceptors (Lipinski definition) is 3. The van der Waals surface area contributed by atoms with Crippen molar-refractivity contribution < 1.29 is 14.4 Å². The number of nitrogens with one attached hydrogen (secondary N) is 1. The third kappa shape index (κ3) is 5.16. The van der Waals surface area contributed by atoms with Crippen LogP contribution in [0.2, 0.25) is 0 Å². The van der Waals surface area contributed by atoms with Crippen LogP contribution in [0.25, 0.3) is 0 Å². The summed E-state index contributed by atoms with van der Waals surface area (Å²) in [5, 5.41) is 3.13. The summed E-state index contributed by atoms with van der Waals surface area (Å²) in [4.78, 5) is 42.2. The van der Waals surface area contributed by atoms with Crippen molar-refractivity contribution in [3.05, 3.63) is 59.7 Å². The van der Waals surface area contributed by atoms with E-state index in [4.69, 9.17) is 0 Å². The van der Waals surface area contributed by atoms with Gasteiger partial charge in [0.25, 0.3) is 0 Å². The van der Waals surface area contributed by atoms with Gasteiger partial charge >= 0.3 is 0 Å². The molecule has 0 bridgehead atoms. The van der Waals surface area contributed by atoms with Crippen LogP contribution in [0.5, 0.6) is 0 Å². The Hall–Kier alpha value is -3.15. The maximum Gasteiger partial charge on any atom is 0.228 e. The predicted octanol–water partition coefficient (Wildman–Crippen LogP) is 4.74. The van der Waals surface area contributed by atoms with E-state index in [1.54, 1.807) is 4.90 Å². The Morgan fingerprint density at radius 1 is 1.03 bits per heavy atom. The van der Waals surface area contributed by atoms with Crippen LogP contribution in [-0.4, -0.2) is 42.3 Å². The summed E-state index contributed by atoms with van der Waals surface area (Å²) in [7, 11) is 0. The first-order chi connectivity index (χ1) is 16.4. The number of para-hydroxylation sites is 1. The maximum absolute atomic E-state index is 13.1. The molecule has 0 spiro atoms. The number of hydrogen-bond donors (Lipinski definition) is 1. The van der Waals surface area contributed by atoms with E-state index in [0.29, 0.717) is 38.4 Å². The molecule has 6 heteroatoms. The van der Waals surface area contributed by atoms with E-state index in [1.165, 1.54) is 0 Å². The van der Waals surface area contributed by atoms with Gasteiger partial charge in [-0.15, -0.1) is 0 Å². The molecule has 34 heavy (non-hydrogen) atoms. The summed E-state index contributed by atoms with van der Waals surface area (Å²) < 4.78 is 0. The van der Waals surface area contributed by atoms with Crippen molar-refractivity contribution in [2.24, 2.45) is 11.8 Å². The normalized spacial score (nSPS) is 19.9. The summed E-state index contributed by atoms with van der Waals surface area (Å²) in [6.07, 6.45) is 2.55. The maximum atomic E-state index is 13.1. The molecule has 2 saturated heterocycles. The lowest BCUT2D eigenvalue weighted by Gasteiger charge is -2.33. The van der Waals surface area contributed by atoms with Crippen molar-refractivity contribution in [3.8, 4) is 0 Å². The Bertz CT molecular complexity index is 1040. The Balaban J connectivity index is 1.31. The second-order valence-corrected chi connectivity index (χ2v) is 9.73. The highest BCUT2D eigenvalue weighted by molar-refractivity contribution is 6.00. The minimum atomic E-state index is -0.318. The average Bonchev–Trinajstić information content (AvgIpc) is 3.25. The van der Waals surface area contributed by atoms with E-state index in [0.717, 1.165) is 28.9 Å². The van der Waals surface area contributed by atoms with Gasteiger partial charge in [0.1, 0.15) is 0 Å². The van der Waals surface area contributed by atoms with E-state index in [9.17, 15) is 14.4 Å². The Kier molecular flexibility index (Phi) is 7.35. The minimum Gasteiger partial charge on any atom is -0.342 e. The van der Waals surface area contributed by atoms with Crippen LogP contribution in [0.1, 0.15) is 56.6 Å². The predicted molar refractivity (Wildman–Crippen MR) is 135 cm³/mol. The lowest BCUT2D eigenvalue weighted by atomic mass is 9.93. The van der Waals surface area contributed by atoms with Gasteiger partial charge in [0.05, 0.1) is 5.92 Å². The first kappa shape index (κ1) is 24.0. The molecule has 180 valence electrons. The number of likely N-dealkylation sites (tertiary alicyclic amines) is 1. The molecule has 0 saturated carbocycles. The van der Waals surface area contributed by atoms with Gasteiger partial charge in [-0.2, -0.15) is 0 Å². The fourth-order valence-corrected chi connectivity index (χ4v) is 4.96. The third-order valence-electron chi connectivity index (χ3n) is 7.36. The first-order valence-corrected chi connectivity index (χ1v) is 12.4. The lowest BCUT2D eigenvalue weighted by Crippen LogP contribution is -2.44. The number of nitrogens with zero attached hydrogens (tertiary/aromatic N) is 2. The van der Waals surface area contributed by atoms with Crippen LogP contribution in [-0.2, 0) is 14.4 Å². The molecule has 6 nitrogen and oxygen atoms in total. The van der Waals surface area contributed by atoms with Gasteiger partial charge in [0, 0.05) is 43.3 Å². The molecule has 2 aromatic rings. The summed E-state index contributed by atoms with van der Waals surface area (Å²) in [5.41, 5.74) is 4.04. The number of rotatable bonds is 6. The molecule has 2 heterocycles. The van der Waals surface area contributed by atoms with Gasteiger partial charge in [-0.05, 0) is 55.9 Å². The number of amides is 3. The smallest absolute Gasteiger partial charge is 0.228 e. The van der Waals surface area contributed by atoms with Crippen molar-refractivity contribution in [2.75, 3.05) is 29.9 Å². The molecule has 2 aliphatic rings.